The van der Waals surface area contributed by atoms with Gasteiger partial charge in [-0.1, -0.05) is 13.8 Å². The van der Waals surface area contributed by atoms with E-state index in [1.807, 2.05) is 32.9 Å². The van der Waals surface area contributed by atoms with Crippen LogP contribution in [0.2, 0.25) is 0 Å². The monoisotopic (exact) mass is 452 g/mol. The van der Waals surface area contributed by atoms with Crippen molar-refractivity contribution in [3.05, 3.63) is 78.7 Å². The molecule has 1 aliphatic carbocycles. The quantitative estimate of drug-likeness (QED) is 0.515. The van der Waals surface area contributed by atoms with Crippen LogP contribution in [0.1, 0.15) is 42.4 Å². The SMILES string of the molecule is Cc1ccc(C2C(C#N)=C(N)N(c3ccc(F)cc3[N+](=O)[O-])C3=C2C(=O)CC(C)(C)C3)s1. The van der Waals surface area contributed by atoms with Crippen molar-refractivity contribution in [3.8, 4) is 6.07 Å². The Morgan fingerprint density at radius 1 is 1.31 bits per heavy atom. The lowest BCUT2D eigenvalue weighted by Crippen LogP contribution is -2.42. The van der Waals surface area contributed by atoms with E-state index in [4.69, 9.17) is 5.73 Å². The van der Waals surface area contributed by atoms with Crippen LogP contribution >= 0.6 is 11.3 Å². The van der Waals surface area contributed by atoms with Crippen LogP contribution in [0, 0.1) is 39.6 Å². The highest BCUT2D eigenvalue weighted by Crippen LogP contribution is 2.52. The summed E-state index contributed by atoms with van der Waals surface area (Å²) in [6, 6.07) is 9.12. The molecular weight excluding hydrogens is 431 g/mol. The van der Waals surface area contributed by atoms with Crippen LogP contribution in [0.5, 0.6) is 0 Å². The number of anilines is 1. The fraction of sp³-hybridized carbons (Fsp3) is 0.304. The number of hydrogen-bond acceptors (Lipinski definition) is 7. The number of hydrogen-bond donors (Lipinski definition) is 1. The Balaban J connectivity index is 2.05. The van der Waals surface area contributed by atoms with Crippen LogP contribution in [0.4, 0.5) is 15.8 Å². The number of halogens is 1. The maximum absolute atomic E-state index is 13.8. The zero-order valence-electron chi connectivity index (χ0n) is 17.8. The van der Waals surface area contributed by atoms with Crippen LogP contribution in [0.3, 0.4) is 0 Å². The van der Waals surface area contributed by atoms with Gasteiger partial charge >= 0.3 is 0 Å². The molecule has 4 rings (SSSR count). The Morgan fingerprint density at radius 3 is 2.62 bits per heavy atom. The second-order valence-corrected chi connectivity index (χ2v) is 10.1. The van der Waals surface area contributed by atoms with Crippen molar-refractivity contribution >= 4 is 28.5 Å². The number of nitro groups is 1. The Labute approximate surface area is 188 Å². The molecule has 2 aliphatic rings. The van der Waals surface area contributed by atoms with E-state index in [0.717, 1.165) is 21.9 Å². The first kappa shape index (κ1) is 21.7. The predicted molar refractivity (Wildman–Crippen MR) is 119 cm³/mol. The summed E-state index contributed by atoms with van der Waals surface area (Å²) in [5.74, 6) is -1.50. The third kappa shape index (κ3) is 3.46. The zero-order valence-corrected chi connectivity index (χ0v) is 18.6. The molecule has 2 N–H and O–H groups in total. The first-order valence-electron chi connectivity index (χ1n) is 10.0. The summed E-state index contributed by atoms with van der Waals surface area (Å²) >= 11 is 1.48. The molecule has 32 heavy (non-hydrogen) atoms. The van der Waals surface area contributed by atoms with Gasteiger partial charge in [-0.3, -0.25) is 19.8 Å². The van der Waals surface area contributed by atoms with Gasteiger partial charge in [0.1, 0.15) is 17.3 Å². The molecule has 9 heteroatoms. The lowest BCUT2D eigenvalue weighted by atomic mass is 9.69. The molecule has 0 radical (unpaired) electrons. The standard InChI is InChI=1S/C23H21FN4O3S/c1-12-4-7-19(32-12)20-14(11-25)22(26)27(15-6-5-13(24)8-16(15)28(30)31)17-9-23(2,3)10-18(29)21(17)20/h4-8,20H,9-10,26H2,1-3H3. The molecule has 1 atom stereocenters. The third-order valence-corrected chi connectivity index (χ3v) is 6.87. The molecule has 1 aliphatic heterocycles. The van der Waals surface area contributed by atoms with Gasteiger partial charge in [-0.05, 0) is 43.0 Å². The summed E-state index contributed by atoms with van der Waals surface area (Å²) < 4.78 is 13.8. The summed E-state index contributed by atoms with van der Waals surface area (Å²) in [6.07, 6.45) is 0.702. The minimum atomic E-state index is -0.762. The van der Waals surface area contributed by atoms with E-state index in [9.17, 15) is 24.6 Å². The third-order valence-electron chi connectivity index (χ3n) is 5.80. The van der Waals surface area contributed by atoms with Crippen LogP contribution in [0.25, 0.3) is 0 Å². The van der Waals surface area contributed by atoms with Crippen LogP contribution in [-0.2, 0) is 4.79 Å². The van der Waals surface area contributed by atoms with E-state index in [0.29, 0.717) is 17.7 Å². The molecule has 1 aromatic carbocycles. The van der Waals surface area contributed by atoms with Gasteiger partial charge in [0.25, 0.3) is 5.69 Å². The van der Waals surface area contributed by atoms with Gasteiger partial charge in [0, 0.05) is 27.4 Å². The molecule has 0 bridgehead atoms. The molecule has 2 heterocycles. The smallest absolute Gasteiger partial charge is 0.296 e. The number of carbonyl (C=O) groups excluding carboxylic acids is 1. The topological polar surface area (TPSA) is 113 Å². The molecule has 0 saturated heterocycles. The largest absolute Gasteiger partial charge is 0.384 e. The van der Waals surface area contributed by atoms with Gasteiger partial charge in [-0.2, -0.15) is 5.26 Å². The van der Waals surface area contributed by atoms with Gasteiger partial charge in [0.2, 0.25) is 0 Å². The number of ketones is 1. The van der Waals surface area contributed by atoms with E-state index >= 15 is 0 Å². The number of nitriles is 1. The van der Waals surface area contributed by atoms with Gasteiger partial charge in [-0.25, -0.2) is 4.39 Å². The van der Waals surface area contributed by atoms with E-state index in [1.54, 1.807) is 0 Å². The fourth-order valence-corrected chi connectivity index (χ4v) is 5.51. The zero-order chi connectivity index (χ0) is 23.4. The number of Topliss-reactive ketones (excluding diaryl/α,β-unsaturated/α-hetero) is 1. The van der Waals surface area contributed by atoms with Crippen molar-refractivity contribution in [2.75, 3.05) is 4.90 Å². The molecule has 0 fully saturated rings. The van der Waals surface area contributed by atoms with Crippen molar-refractivity contribution in [2.24, 2.45) is 11.1 Å². The number of rotatable bonds is 3. The minimum absolute atomic E-state index is 0.0162. The lowest BCUT2D eigenvalue weighted by Gasteiger charge is -2.43. The second kappa shape index (κ2) is 7.57. The number of nitrogens with zero attached hydrogens (tertiary/aromatic N) is 3. The van der Waals surface area contributed by atoms with Gasteiger partial charge in [0.05, 0.1) is 28.5 Å². The molecule has 2 aromatic rings. The van der Waals surface area contributed by atoms with Gasteiger partial charge in [-0.15, -0.1) is 11.3 Å². The Kier molecular flexibility index (Phi) is 5.13. The predicted octanol–water partition coefficient (Wildman–Crippen LogP) is 5.04. The first-order chi connectivity index (χ1) is 15.0. The number of thiophene rings is 1. The number of benzene rings is 1. The molecule has 164 valence electrons. The molecule has 0 saturated carbocycles. The number of nitro benzene ring substituents is 1. The van der Waals surface area contributed by atoms with Crippen molar-refractivity contribution in [1.82, 2.24) is 0 Å². The summed E-state index contributed by atoms with van der Waals surface area (Å²) in [6.45, 7) is 5.82. The summed E-state index contributed by atoms with van der Waals surface area (Å²) in [5.41, 5.74) is 6.70. The molecule has 0 amide bonds. The first-order valence-corrected chi connectivity index (χ1v) is 10.8. The highest BCUT2D eigenvalue weighted by atomic mass is 32.1. The summed E-state index contributed by atoms with van der Waals surface area (Å²) in [7, 11) is 0. The van der Waals surface area contributed by atoms with Crippen molar-refractivity contribution in [1.29, 1.82) is 5.26 Å². The van der Waals surface area contributed by atoms with Gasteiger partial charge < -0.3 is 5.73 Å². The van der Waals surface area contributed by atoms with E-state index < -0.39 is 27.8 Å². The average molecular weight is 453 g/mol. The number of nitrogens with two attached hydrogens (primary N) is 1. The van der Waals surface area contributed by atoms with Crippen LogP contribution in [-0.4, -0.2) is 10.7 Å². The van der Waals surface area contributed by atoms with Crippen LogP contribution < -0.4 is 10.6 Å². The van der Waals surface area contributed by atoms with Crippen molar-refractivity contribution < 1.29 is 14.1 Å². The highest BCUT2D eigenvalue weighted by molar-refractivity contribution is 7.12. The number of aryl methyl sites for hydroxylation is 1. The maximum Gasteiger partial charge on any atom is 0.296 e. The molecule has 1 unspecified atom stereocenters. The number of allylic oxidation sites excluding steroid dienone is 3. The second-order valence-electron chi connectivity index (χ2n) is 8.82. The maximum atomic E-state index is 13.8. The molecule has 7 nitrogen and oxygen atoms in total. The summed E-state index contributed by atoms with van der Waals surface area (Å²) in [4.78, 5) is 27.7. The van der Waals surface area contributed by atoms with Crippen molar-refractivity contribution in [2.45, 2.75) is 39.5 Å². The molecule has 0 spiro atoms. The van der Waals surface area contributed by atoms with E-state index in [1.165, 1.54) is 22.3 Å². The Hall–Kier alpha value is -3.51. The normalized spacial score (nSPS) is 20.3. The van der Waals surface area contributed by atoms with Crippen molar-refractivity contribution in [3.63, 3.8) is 0 Å². The average Bonchev–Trinajstić information content (AvgIpc) is 3.12. The van der Waals surface area contributed by atoms with E-state index in [2.05, 4.69) is 6.07 Å². The fourth-order valence-electron chi connectivity index (χ4n) is 4.51. The lowest BCUT2D eigenvalue weighted by molar-refractivity contribution is -0.384. The highest BCUT2D eigenvalue weighted by Gasteiger charge is 2.46. The van der Waals surface area contributed by atoms with Gasteiger partial charge in [0.15, 0.2) is 5.78 Å². The molecule has 1 aromatic heterocycles. The minimum Gasteiger partial charge on any atom is -0.384 e. The summed E-state index contributed by atoms with van der Waals surface area (Å²) in [5, 5.41) is 21.8. The number of carbonyl (C=O) groups is 1. The van der Waals surface area contributed by atoms with E-state index in [-0.39, 0.29) is 29.3 Å². The Bertz CT molecular complexity index is 1270. The van der Waals surface area contributed by atoms with Crippen LogP contribution in [0.15, 0.2) is 53.0 Å². The Morgan fingerprint density at radius 2 is 2.03 bits per heavy atom. The molecular formula is C23H21FN4O3S.